The van der Waals surface area contributed by atoms with Crippen LogP contribution in [0.15, 0.2) is 48.5 Å². The zero-order valence-electron chi connectivity index (χ0n) is 10.2. The summed E-state index contributed by atoms with van der Waals surface area (Å²) in [6.45, 7) is 1.87. The normalized spacial score (nSPS) is 12.9. The topological polar surface area (TPSA) is 26.3 Å². The Hall–Kier alpha value is -2.09. The van der Waals surface area contributed by atoms with Crippen LogP contribution in [0.5, 0.6) is 0 Å². The fourth-order valence-electron chi connectivity index (χ4n) is 2.64. The molecule has 0 N–H and O–H groups in total. The Morgan fingerprint density at radius 2 is 1.50 bits per heavy atom. The Labute approximate surface area is 106 Å². The quantitative estimate of drug-likeness (QED) is 0.750. The van der Waals surface area contributed by atoms with Gasteiger partial charge in [0.05, 0.1) is 0 Å². The predicted octanol–water partition coefficient (Wildman–Crippen LogP) is 3.36. The van der Waals surface area contributed by atoms with Crippen LogP contribution in [0.2, 0.25) is 0 Å². The summed E-state index contributed by atoms with van der Waals surface area (Å²) >= 11 is 0. The van der Waals surface area contributed by atoms with Crippen LogP contribution >= 0.6 is 0 Å². The lowest BCUT2D eigenvalue weighted by Gasteiger charge is -2.12. The van der Waals surface area contributed by atoms with E-state index in [0.717, 1.165) is 0 Å². The van der Waals surface area contributed by atoms with Gasteiger partial charge in [-0.2, -0.15) is 0 Å². The van der Waals surface area contributed by atoms with Crippen LogP contribution in [0, 0.1) is 0 Å². The van der Waals surface area contributed by atoms with Gasteiger partial charge in [-0.3, -0.25) is 4.79 Å². The molecule has 0 aliphatic heterocycles. The van der Waals surface area contributed by atoms with E-state index >= 15 is 0 Å². The van der Waals surface area contributed by atoms with Crippen LogP contribution in [0.1, 0.15) is 24.0 Å². The number of carbonyl (C=O) groups is 1. The SMILES string of the molecule is CC(=O)OCC1c2ccccc2-c2ccccc21. The first-order valence-corrected chi connectivity index (χ1v) is 6.09. The Kier molecular flexibility index (Phi) is 2.63. The molecule has 2 aromatic carbocycles. The number of hydrogen-bond acceptors (Lipinski definition) is 2. The largest absolute Gasteiger partial charge is 0.465 e. The zero-order valence-corrected chi connectivity index (χ0v) is 10.2. The minimum atomic E-state index is -0.225. The van der Waals surface area contributed by atoms with Gasteiger partial charge in [0, 0.05) is 12.8 Å². The highest BCUT2D eigenvalue weighted by Crippen LogP contribution is 2.44. The van der Waals surface area contributed by atoms with Crippen LogP contribution in [0.4, 0.5) is 0 Å². The van der Waals surface area contributed by atoms with Gasteiger partial charge in [0.15, 0.2) is 0 Å². The van der Waals surface area contributed by atoms with Crippen molar-refractivity contribution in [2.75, 3.05) is 6.61 Å². The van der Waals surface area contributed by atoms with E-state index in [0.29, 0.717) is 6.61 Å². The van der Waals surface area contributed by atoms with Crippen LogP contribution in [-0.2, 0) is 9.53 Å². The van der Waals surface area contributed by atoms with Gasteiger partial charge in [-0.1, -0.05) is 48.5 Å². The third-order valence-corrected chi connectivity index (χ3v) is 3.42. The van der Waals surface area contributed by atoms with Crippen molar-refractivity contribution >= 4 is 5.97 Å². The summed E-state index contributed by atoms with van der Waals surface area (Å²) in [5, 5.41) is 0. The standard InChI is InChI=1S/C16H14O2/c1-11(17)18-10-16-14-8-4-2-6-12(14)13-7-3-5-9-15(13)16/h2-9,16H,10H2,1H3. The third kappa shape index (κ3) is 1.70. The first-order chi connectivity index (χ1) is 8.77. The average Bonchev–Trinajstić information content (AvgIpc) is 2.71. The molecule has 0 amide bonds. The summed E-state index contributed by atoms with van der Waals surface area (Å²) < 4.78 is 5.20. The Bertz CT molecular complexity index is 556. The predicted molar refractivity (Wildman–Crippen MR) is 70.4 cm³/mol. The number of ether oxygens (including phenoxy) is 1. The molecule has 0 saturated heterocycles. The molecule has 90 valence electrons. The van der Waals surface area contributed by atoms with Gasteiger partial charge in [-0.05, 0) is 22.3 Å². The number of benzene rings is 2. The van der Waals surface area contributed by atoms with Gasteiger partial charge in [0.25, 0.3) is 0 Å². The van der Waals surface area contributed by atoms with E-state index in [9.17, 15) is 4.79 Å². The van der Waals surface area contributed by atoms with Crippen LogP contribution in [-0.4, -0.2) is 12.6 Å². The van der Waals surface area contributed by atoms with Crippen molar-refractivity contribution < 1.29 is 9.53 Å². The van der Waals surface area contributed by atoms with Crippen molar-refractivity contribution in [2.24, 2.45) is 0 Å². The molecule has 0 atom stereocenters. The first kappa shape index (κ1) is 11.0. The molecule has 2 heteroatoms. The molecule has 3 rings (SSSR count). The summed E-state index contributed by atoms with van der Waals surface area (Å²) in [6.07, 6.45) is 0. The van der Waals surface area contributed by atoms with E-state index in [1.165, 1.54) is 29.2 Å². The number of hydrogen-bond donors (Lipinski definition) is 0. The smallest absolute Gasteiger partial charge is 0.302 e. The molecule has 1 aliphatic rings. The number of rotatable bonds is 2. The van der Waals surface area contributed by atoms with Gasteiger partial charge in [0.1, 0.15) is 6.61 Å². The summed E-state index contributed by atoms with van der Waals surface area (Å²) in [4.78, 5) is 11.0. The molecule has 2 nitrogen and oxygen atoms in total. The number of esters is 1. The minimum Gasteiger partial charge on any atom is -0.465 e. The third-order valence-electron chi connectivity index (χ3n) is 3.42. The molecule has 0 bridgehead atoms. The molecular weight excluding hydrogens is 224 g/mol. The summed E-state index contributed by atoms with van der Waals surface area (Å²) in [7, 11) is 0. The fraction of sp³-hybridized carbons (Fsp3) is 0.188. The first-order valence-electron chi connectivity index (χ1n) is 6.09. The molecule has 0 fully saturated rings. The van der Waals surface area contributed by atoms with Crippen LogP contribution in [0.3, 0.4) is 0 Å². The van der Waals surface area contributed by atoms with Crippen molar-refractivity contribution in [3.05, 3.63) is 59.7 Å². The van der Waals surface area contributed by atoms with Gasteiger partial charge < -0.3 is 4.74 Å². The monoisotopic (exact) mass is 238 g/mol. The maximum Gasteiger partial charge on any atom is 0.302 e. The zero-order chi connectivity index (χ0) is 12.5. The maximum atomic E-state index is 11.0. The Morgan fingerprint density at radius 1 is 1.00 bits per heavy atom. The number of carbonyl (C=O) groups excluding carboxylic acids is 1. The molecule has 0 saturated carbocycles. The fourth-order valence-corrected chi connectivity index (χ4v) is 2.64. The van der Waals surface area contributed by atoms with Crippen molar-refractivity contribution in [1.82, 2.24) is 0 Å². The maximum absolute atomic E-state index is 11.0. The molecule has 18 heavy (non-hydrogen) atoms. The molecular formula is C16H14O2. The van der Waals surface area contributed by atoms with Crippen molar-refractivity contribution in [2.45, 2.75) is 12.8 Å². The van der Waals surface area contributed by atoms with Crippen LogP contribution < -0.4 is 0 Å². The summed E-state index contributed by atoms with van der Waals surface area (Å²) in [5.41, 5.74) is 5.01. The summed E-state index contributed by atoms with van der Waals surface area (Å²) in [6, 6.07) is 16.6. The molecule has 0 aromatic heterocycles. The van der Waals surface area contributed by atoms with Crippen molar-refractivity contribution in [3.63, 3.8) is 0 Å². The molecule has 1 aliphatic carbocycles. The van der Waals surface area contributed by atoms with E-state index in [2.05, 4.69) is 24.3 Å². The van der Waals surface area contributed by atoms with E-state index < -0.39 is 0 Å². The van der Waals surface area contributed by atoms with Crippen molar-refractivity contribution in [1.29, 1.82) is 0 Å². The second-order valence-corrected chi connectivity index (χ2v) is 4.53. The molecule has 0 spiro atoms. The Balaban J connectivity index is 2.06. The van der Waals surface area contributed by atoms with Gasteiger partial charge in [-0.25, -0.2) is 0 Å². The lowest BCUT2D eigenvalue weighted by atomic mass is 9.98. The molecule has 0 unspecified atom stereocenters. The van der Waals surface area contributed by atoms with E-state index in [1.807, 2.05) is 24.3 Å². The second kappa shape index (κ2) is 4.30. The van der Waals surface area contributed by atoms with E-state index in [1.54, 1.807) is 0 Å². The summed E-state index contributed by atoms with van der Waals surface area (Å²) in [5.74, 6) is -0.0573. The van der Waals surface area contributed by atoms with E-state index in [4.69, 9.17) is 4.74 Å². The molecule has 0 heterocycles. The van der Waals surface area contributed by atoms with Gasteiger partial charge in [0.2, 0.25) is 0 Å². The highest BCUT2D eigenvalue weighted by Gasteiger charge is 2.28. The number of fused-ring (bicyclic) bond motifs is 3. The average molecular weight is 238 g/mol. The lowest BCUT2D eigenvalue weighted by molar-refractivity contribution is -0.141. The second-order valence-electron chi connectivity index (χ2n) is 4.53. The van der Waals surface area contributed by atoms with Gasteiger partial charge in [-0.15, -0.1) is 0 Å². The van der Waals surface area contributed by atoms with Gasteiger partial charge >= 0.3 is 5.97 Å². The molecule has 2 aromatic rings. The highest BCUT2D eigenvalue weighted by atomic mass is 16.5. The lowest BCUT2D eigenvalue weighted by Crippen LogP contribution is -2.09. The van der Waals surface area contributed by atoms with Crippen LogP contribution in [0.25, 0.3) is 11.1 Å². The van der Waals surface area contributed by atoms with E-state index in [-0.39, 0.29) is 11.9 Å². The highest BCUT2D eigenvalue weighted by molar-refractivity contribution is 5.79. The Morgan fingerprint density at radius 3 is 2.00 bits per heavy atom. The van der Waals surface area contributed by atoms with Crippen molar-refractivity contribution in [3.8, 4) is 11.1 Å². The minimum absolute atomic E-state index is 0.168. The molecule has 0 radical (unpaired) electrons.